The van der Waals surface area contributed by atoms with Gasteiger partial charge in [-0.1, -0.05) is 19.8 Å². The van der Waals surface area contributed by atoms with Gasteiger partial charge >= 0.3 is 12.1 Å². The molecule has 1 amide bonds. The minimum atomic E-state index is -1.27. The molecule has 0 aromatic heterocycles. The summed E-state index contributed by atoms with van der Waals surface area (Å²) < 4.78 is 5.29. The summed E-state index contributed by atoms with van der Waals surface area (Å²) in [6, 6.07) is 0. The molecular weight excluding hydrogens is 298 g/mol. The van der Waals surface area contributed by atoms with E-state index in [0.717, 1.165) is 19.3 Å². The van der Waals surface area contributed by atoms with Crippen LogP contribution in [0.2, 0.25) is 0 Å². The van der Waals surface area contributed by atoms with Crippen molar-refractivity contribution in [2.75, 3.05) is 13.1 Å². The summed E-state index contributed by atoms with van der Waals surface area (Å²) in [4.78, 5) is 25.4. The third-order valence-electron chi connectivity index (χ3n) is 5.21. The lowest BCUT2D eigenvalue weighted by Gasteiger charge is -2.54. The standard InChI is InChI=1S/C17H29NO5/c1-12-6-5-8-17(22,9-7-12)16(13(19)20)10-18(11-16)14(21)23-15(2,3)4/h12,22H,5-11H2,1-4H3,(H,19,20). The van der Waals surface area contributed by atoms with Gasteiger partial charge in [0.1, 0.15) is 11.0 Å². The summed E-state index contributed by atoms with van der Waals surface area (Å²) in [6.07, 6.45) is 3.08. The van der Waals surface area contributed by atoms with Gasteiger partial charge in [-0.05, 0) is 46.0 Å². The number of aliphatic hydroxyl groups is 1. The van der Waals surface area contributed by atoms with Crippen LogP contribution in [-0.2, 0) is 9.53 Å². The first-order valence-corrected chi connectivity index (χ1v) is 8.43. The Kier molecular flexibility index (Phi) is 4.68. The molecule has 0 bridgehead atoms. The number of likely N-dealkylation sites (tertiary alicyclic amines) is 1. The molecule has 6 nitrogen and oxygen atoms in total. The van der Waals surface area contributed by atoms with Crippen molar-refractivity contribution in [3.63, 3.8) is 0 Å². The van der Waals surface area contributed by atoms with E-state index in [2.05, 4.69) is 6.92 Å². The van der Waals surface area contributed by atoms with Gasteiger partial charge in [0, 0.05) is 13.1 Å². The van der Waals surface area contributed by atoms with Gasteiger partial charge in [0.05, 0.1) is 5.60 Å². The van der Waals surface area contributed by atoms with Crippen LogP contribution in [-0.4, -0.2) is 51.5 Å². The van der Waals surface area contributed by atoms with E-state index >= 15 is 0 Å². The van der Waals surface area contributed by atoms with Gasteiger partial charge in [0.15, 0.2) is 0 Å². The summed E-state index contributed by atoms with van der Waals surface area (Å²) in [5.74, 6) is -0.522. The van der Waals surface area contributed by atoms with E-state index in [1.807, 2.05) is 0 Å². The van der Waals surface area contributed by atoms with Gasteiger partial charge in [0.25, 0.3) is 0 Å². The lowest BCUT2D eigenvalue weighted by atomic mass is 9.63. The summed E-state index contributed by atoms with van der Waals surface area (Å²) in [5.41, 5.74) is -3.14. The maximum atomic E-state index is 12.1. The molecule has 2 aliphatic rings. The molecule has 2 atom stereocenters. The number of ether oxygens (including phenoxy) is 1. The van der Waals surface area contributed by atoms with Crippen LogP contribution in [0.1, 0.15) is 59.8 Å². The molecule has 1 aliphatic heterocycles. The molecule has 23 heavy (non-hydrogen) atoms. The Morgan fingerprint density at radius 2 is 1.78 bits per heavy atom. The molecule has 2 N–H and O–H groups in total. The van der Waals surface area contributed by atoms with Crippen molar-refractivity contribution in [1.82, 2.24) is 4.90 Å². The van der Waals surface area contributed by atoms with Gasteiger partial charge in [-0.15, -0.1) is 0 Å². The molecule has 6 heteroatoms. The zero-order valence-corrected chi connectivity index (χ0v) is 14.6. The molecule has 1 saturated heterocycles. The topological polar surface area (TPSA) is 87.1 Å². The van der Waals surface area contributed by atoms with Crippen LogP contribution < -0.4 is 0 Å². The Labute approximate surface area is 137 Å². The van der Waals surface area contributed by atoms with E-state index in [1.165, 1.54) is 4.90 Å². The summed E-state index contributed by atoms with van der Waals surface area (Å²) in [7, 11) is 0. The molecule has 2 rings (SSSR count). The maximum Gasteiger partial charge on any atom is 0.410 e. The first-order valence-electron chi connectivity index (χ1n) is 8.43. The second-order valence-electron chi connectivity index (χ2n) is 8.29. The molecule has 2 unspecified atom stereocenters. The normalized spacial score (nSPS) is 31.0. The fourth-order valence-corrected chi connectivity index (χ4v) is 3.67. The Bertz CT molecular complexity index is 478. The Hall–Kier alpha value is -1.30. The average Bonchev–Trinajstić information content (AvgIpc) is 2.48. The SMILES string of the molecule is CC1CCCC(O)(C2(C(=O)O)CN(C(=O)OC(C)(C)C)C2)CC1. The third kappa shape index (κ3) is 3.47. The van der Waals surface area contributed by atoms with Crippen molar-refractivity contribution in [3.8, 4) is 0 Å². The average molecular weight is 327 g/mol. The number of aliphatic carboxylic acids is 1. The fraction of sp³-hybridized carbons (Fsp3) is 0.882. The predicted octanol–water partition coefficient (Wildman–Crippen LogP) is 2.64. The number of hydrogen-bond acceptors (Lipinski definition) is 4. The highest BCUT2D eigenvalue weighted by atomic mass is 16.6. The number of carboxylic acids is 1. The lowest BCUT2D eigenvalue weighted by molar-refractivity contribution is -0.198. The van der Waals surface area contributed by atoms with Crippen molar-refractivity contribution >= 4 is 12.1 Å². The number of nitrogens with zero attached hydrogens (tertiary/aromatic N) is 1. The molecule has 132 valence electrons. The first kappa shape index (κ1) is 18.0. The van der Waals surface area contributed by atoms with Gasteiger partial charge in [-0.25, -0.2) is 4.79 Å². The minimum Gasteiger partial charge on any atom is -0.481 e. The van der Waals surface area contributed by atoms with Crippen LogP contribution in [0, 0.1) is 11.3 Å². The zero-order chi connectivity index (χ0) is 17.5. The Morgan fingerprint density at radius 1 is 1.17 bits per heavy atom. The second kappa shape index (κ2) is 5.96. The van der Waals surface area contributed by atoms with E-state index in [0.29, 0.717) is 18.8 Å². The van der Waals surface area contributed by atoms with Crippen LogP contribution in [0.5, 0.6) is 0 Å². The van der Waals surface area contributed by atoms with Gasteiger partial charge < -0.3 is 19.8 Å². The quantitative estimate of drug-likeness (QED) is 0.761. The summed E-state index contributed by atoms with van der Waals surface area (Å²) in [6.45, 7) is 7.48. The molecular formula is C17H29NO5. The smallest absolute Gasteiger partial charge is 0.410 e. The van der Waals surface area contributed by atoms with Crippen LogP contribution in [0.4, 0.5) is 4.79 Å². The van der Waals surface area contributed by atoms with Crippen molar-refractivity contribution in [1.29, 1.82) is 0 Å². The highest BCUT2D eigenvalue weighted by molar-refractivity contribution is 5.82. The number of carbonyl (C=O) groups excluding carboxylic acids is 1. The van der Waals surface area contributed by atoms with E-state index < -0.39 is 28.7 Å². The van der Waals surface area contributed by atoms with E-state index in [9.17, 15) is 19.8 Å². The van der Waals surface area contributed by atoms with Gasteiger partial charge in [-0.2, -0.15) is 0 Å². The predicted molar refractivity (Wildman–Crippen MR) is 85.1 cm³/mol. The monoisotopic (exact) mass is 327 g/mol. The second-order valence-corrected chi connectivity index (χ2v) is 8.29. The number of carbonyl (C=O) groups is 2. The van der Waals surface area contributed by atoms with E-state index in [1.54, 1.807) is 20.8 Å². The molecule has 0 spiro atoms. The van der Waals surface area contributed by atoms with Crippen LogP contribution >= 0.6 is 0 Å². The van der Waals surface area contributed by atoms with Crippen LogP contribution in [0.25, 0.3) is 0 Å². The lowest BCUT2D eigenvalue weighted by Crippen LogP contribution is -2.72. The van der Waals surface area contributed by atoms with Gasteiger partial charge in [-0.3, -0.25) is 4.79 Å². The van der Waals surface area contributed by atoms with Gasteiger partial charge in [0.2, 0.25) is 0 Å². The van der Waals surface area contributed by atoms with Crippen molar-refractivity contribution < 1.29 is 24.5 Å². The molecule has 2 fully saturated rings. The number of hydrogen-bond donors (Lipinski definition) is 2. The Balaban J connectivity index is 2.11. The fourth-order valence-electron chi connectivity index (χ4n) is 3.67. The maximum absolute atomic E-state index is 12.1. The summed E-state index contributed by atoms with van der Waals surface area (Å²) >= 11 is 0. The molecule has 1 saturated carbocycles. The third-order valence-corrected chi connectivity index (χ3v) is 5.21. The molecule has 0 aromatic rings. The highest BCUT2D eigenvalue weighted by Crippen LogP contribution is 2.48. The number of carboxylic acid groups (broad SMARTS) is 1. The van der Waals surface area contributed by atoms with E-state index in [4.69, 9.17) is 4.74 Å². The minimum absolute atomic E-state index is 0.0160. The zero-order valence-electron chi connectivity index (χ0n) is 14.6. The van der Waals surface area contributed by atoms with Crippen molar-refractivity contribution in [2.45, 2.75) is 71.0 Å². The van der Waals surface area contributed by atoms with Crippen LogP contribution in [0.15, 0.2) is 0 Å². The highest BCUT2D eigenvalue weighted by Gasteiger charge is 2.64. The molecule has 0 aromatic carbocycles. The van der Waals surface area contributed by atoms with Crippen molar-refractivity contribution in [3.05, 3.63) is 0 Å². The van der Waals surface area contributed by atoms with Crippen molar-refractivity contribution in [2.24, 2.45) is 11.3 Å². The summed E-state index contributed by atoms with van der Waals surface area (Å²) in [5, 5.41) is 20.8. The molecule has 0 radical (unpaired) electrons. The first-order chi connectivity index (χ1) is 10.5. The van der Waals surface area contributed by atoms with Crippen LogP contribution in [0.3, 0.4) is 0 Å². The van der Waals surface area contributed by atoms with E-state index in [-0.39, 0.29) is 13.1 Å². The number of amides is 1. The molecule has 1 heterocycles. The molecule has 1 aliphatic carbocycles. The largest absolute Gasteiger partial charge is 0.481 e. The number of rotatable bonds is 2. The Morgan fingerprint density at radius 3 is 2.30 bits per heavy atom.